The normalized spacial score (nSPS) is 10.3. The molecule has 0 bridgehead atoms. The van der Waals surface area contributed by atoms with Gasteiger partial charge in [0, 0.05) is 36.1 Å². The van der Waals surface area contributed by atoms with Crippen LogP contribution in [0.2, 0.25) is 0 Å². The van der Waals surface area contributed by atoms with Gasteiger partial charge in [0.1, 0.15) is 5.82 Å². The fraction of sp³-hybridized carbons (Fsp3) is 0.0435. The van der Waals surface area contributed by atoms with E-state index in [9.17, 15) is 10.1 Å². The molecule has 1 N–H and O–H groups in total. The summed E-state index contributed by atoms with van der Waals surface area (Å²) in [6, 6.07) is 24.1. The molecule has 4 rings (SSSR count). The van der Waals surface area contributed by atoms with Crippen LogP contribution in [0, 0.1) is 11.3 Å². The molecule has 2 heterocycles. The SMILES string of the molecule is N#Cc1ccccc1CNc1cc(-c2cccnc2)nn1C(=O)c1ccccc1. The van der Waals surface area contributed by atoms with Gasteiger partial charge in [0.25, 0.3) is 5.91 Å². The first-order chi connectivity index (χ1) is 14.3. The van der Waals surface area contributed by atoms with Crippen molar-refractivity contribution in [2.75, 3.05) is 5.32 Å². The Hall–Kier alpha value is -4.24. The number of benzene rings is 2. The Bertz CT molecular complexity index is 1180. The van der Waals surface area contributed by atoms with Gasteiger partial charge in [-0.05, 0) is 35.9 Å². The van der Waals surface area contributed by atoms with Gasteiger partial charge < -0.3 is 5.32 Å². The van der Waals surface area contributed by atoms with Crippen molar-refractivity contribution < 1.29 is 4.79 Å². The summed E-state index contributed by atoms with van der Waals surface area (Å²) >= 11 is 0. The number of carbonyl (C=O) groups excluding carboxylic acids is 1. The number of nitrogens with zero attached hydrogens (tertiary/aromatic N) is 4. The molecule has 0 radical (unpaired) electrons. The van der Waals surface area contributed by atoms with E-state index in [1.165, 1.54) is 4.68 Å². The Morgan fingerprint density at radius 3 is 2.59 bits per heavy atom. The molecule has 140 valence electrons. The average molecular weight is 379 g/mol. The minimum Gasteiger partial charge on any atom is -0.366 e. The molecule has 4 aromatic rings. The minimum absolute atomic E-state index is 0.239. The van der Waals surface area contributed by atoms with Gasteiger partial charge in [0.2, 0.25) is 0 Å². The minimum atomic E-state index is -0.239. The summed E-state index contributed by atoms with van der Waals surface area (Å²) in [5.74, 6) is 0.308. The third-order valence-corrected chi connectivity index (χ3v) is 4.48. The number of aromatic nitrogens is 3. The molecule has 0 amide bonds. The molecule has 0 aliphatic rings. The van der Waals surface area contributed by atoms with E-state index < -0.39 is 0 Å². The maximum atomic E-state index is 13.0. The summed E-state index contributed by atoms with van der Waals surface area (Å²) in [6.07, 6.45) is 3.39. The van der Waals surface area contributed by atoms with Crippen LogP contribution in [0.4, 0.5) is 5.82 Å². The van der Waals surface area contributed by atoms with Crippen LogP contribution < -0.4 is 5.32 Å². The van der Waals surface area contributed by atoms with Gasteiger partial charge in [-0.15, -0.1) is 0 Å². The van der Waals surface area contributed by atoms with E-state index in [-0.39, 0.29) is 5.91 Å². The molecule has 0 saturated heterocycles. The number of hydrogen-bond donors (Lipinski definition) is 1. The van der Waals surface area contributed by atoms with Crippen molar-refractivity contribution in [3.05, 3.63) is 102 Å². The van der Waals surface area contributed by atoms with Gasteiger partial charge in [-0.25, -0.2) is 0 Å². The molecular formula is C23H17N5O. The van der Waals surface area contributed by atoms with Crippen molar-refractivity contribution in [2.24, 2.45) is 0 Å². The van der Waals surface area contributed by atoms with Crippen LogP contribution in [0.5, 0.6) is 0 Å². The van der Waals surface area contributed by atoms with Crippen LogP contribution in [-0.4, -0.2) is 20.7 Å². The second-order valence-electron chi connectivity index (χ2n) is 6.36. The Morgan fingerprint density at radius 1 is 1.03 bits per heavy atom. The molecule has 0 atom stereocenters. The van der Waals surface area contributed by atoms with Gasteiger partial charge in [0.05, 0.1) is 17.3 Å². The predicted octanol–water partition coefficient (Wildman–Crippen LogP) is 4.12. The van der Waals surface area contributed by atoms with Crippen molar-refractivity contribution in [1.82, 2.24) is 14.8 Å². The van der Waals surface area contributed by atoms with Crippen LogP contribution in [0.25, 0.3) is 11.3 Å². The summed E-state index contributed by atoms with van der Waals surface area (Å²) in [7, 11) is 0. The number of rotatable bonds is 5. The lowest BCUT2D eigenvalue weighted by molar-refractivity contribution is 0.0948. The fourth-order valence-electron chi connectivity index (χ4n) is 2.99. The first-order valence-electron chi connectivity index (χ1n) is 9.08. The van der Waals surface area contributed by atoms with Crippen LogP contribution >= 0.6 is 0 Å². The lowest BCUT2D eigenvalue weighted by Crippen LogP contribution is -2.17. The third-order valence-electron chi connectivity index (χ3n) is 4.48. The monoisotopic (exact) mass is 379 g/mol. The highest BCUT2D eigenvalue weighted by molar-refractivity contribution is 5.97. The summed E-state index contributed by atoms with van der Waals surface area (Å²) in [6.45, 7) is 0.393. The zero-order valence-corrected chi connectivity index (χ0v) is 15.5. The Kier molecular flexibility index (Phi) is 5.12. The van der Waals surface area contributed by atoms with Gasteiger partial charge >= 0.3 is 0 Å². The highest BCUT2D eigenvalue weighted by atomic mass is 16.2. The van der Waals surface area contributed by atoms with Gasteiger partial charge in [0.15, 0.2) is 0 Å². The number of hydrogen-bond acceptors (Lipinski definition) is 5. The molecule has 0 saturated carbocycles. The van der Waals surface area contributed by atoms with Crippen molar-refractivity contribution in [1.29, 1.82) is 5.26 Å². The third kappa shape index (κ3) is 3.89. The number of nitrogens with one attached hydrogen (secondary N) is 1. The molecule has 0 fully saturated rings. The van der Waals surface area contributed by atoms with Gasteiger partial charge in [-0.1, -0.05) is 36.4 Å². The van der Waals surface area contributed by atoms with Gasteiger partial charge in [-0.3, -0.25) is 9.78 Å². The number of anilines is 1. The molecule has 2 aromatic heterocycles. The maximum absolute atomic E-state index is 13.0. The second kappa shape index (κ2) is 8.19. The summed E-state index contributed by atoms with van der Waals surface area (Å²) in [5.41, 5.74) is 3.42. The van der Waals surface area contributed by atoms with E-state index in [2.05, 4.69) is 21.5 Å². The average Bonchev–Trinajstić information content (AvgIpc) is 3.23. The largest absolute Gasteiger partial charge is 0.366 e. The Balaban J connectivity index is 1.70. The number of nitriles is 1. The second-order valence-corrected chi connectivity index (χ2v) is 6.36. The molecule has 6 heteroatoms. The summed E-state index contributed by atoms with van der Waals surface area (Å²) in [4.78, 5) is 17.2. The Morgan fingerprint density at radius 2 is 1.83 bits per heavy atom. The first kappa shape index (κ1) is 18.1. The fourth-order valence-corrected chi connectivity index (χ4v) is 2.99. The Labute approximate surface area is 168 Å². The van der Waals surface area contributed by atoms with E-state index in [0.29, 0.717) is 29.2 Å². The van der Waals surface area contributed by atoms with E-state index in [1.807, 2.05) is 54.6 Å². The highest BCUT2D eigenvalue weighted by Crippen LogP contribution is 2.23. The van der Waals surface area contributed by atoms with Crippen LogP contribution in [-0.2, 0) is 6.54 Å². The highest BCUT2D eigenvalue weighted by Gasteiger charge is 2.17. The molecular weight excluding hydrogens is 362 g/mol. The lowest BCUT2D eigenvalue weighted by Gasteiger charge is -2.09. The first-order valence-corrected chi connectivity index (χ1v) is 9.08. The predicted molar refractivity (Wildman–Crippen MR) is 110 cm³/mol. The summed E-state index contributed by atoms with van der Waals surface area (Å²) < 4.78 is 1.35. The van der Waals surface area contributed by atoms with Crippen LogP contribution in [0.15, 0.2) is 85.2 Å². The molecule has 2 aromatic carbocycles. The molecule has 6 nitrogen and oxygen atoms in total. The maximum Gasteiger partial charge on any atom is 0.280 e. The smallest absolute Gasteiger partial charge is 0.280 e. The zero-order valence-electron chi connectivity index (χ0n) is 15.5. The molecule has 0 spiro atoms. The topological polar surface area (TPSA) is 83.6 Å². The lowest BCUT2D eigenvalue weighted by atomic mass is 10.1. The molecule has 0 aliphatic carbocycles. The van der Waals surface area contributed by atoms with Crippen molar-refractivity contribution in [3.63, 3.8) is 0 Å². The standard InChI is InChI=1S/C23H17N5O/c24-14-18-9-4-5-10-19(18)16-26-22-13-21(20-11-6-12-25-15-20)27-28(22)23(29)17-7-2-1-3-8-17/h1-13,15,26H,16H2. The van der Waals surface area contributed by atoms with E-state index in [4.69, 9.17) is 0 Å². The summed E-state index contributed by atoms with van der Waals surface area (Å²) in [5, 5.41) is 17.1. The van der Waals surface area contributed by atoms with E-state index in [1.54, 1.807) is 30.6 Å². The van der Waals surface area contributed by atoms with E-state index in [0.717, 1.165) is 11.1 Å². The van der Waals surface area contributed by atoms with Crippen LogP contribution in [0.3, 0.4) is 0 Å². The molecule has 29 heavy (non-hydrogen) atoms. The van der Waals surface area contributed by atoms with Crippen molar-refractivity contribution >= 4 is 11.7 Å². The van der Waals surface area contributed by atoms with E-state index >= 15 is 0 Å². The molecule has 0 unspecified atom stereocenters. The van der Waals surface area contributed by atoms with Gasteiger partial charge in [-0.2, -0.15) is 15.0 Å². The van der Waals surface area contributed by atoms with Crippen LogP contribution in [0.1, 0.15) is 21.5 Å². The number of carbonyl (C=O) groups is 1. The van der Waals surface area contributed by atoms with Crippen molar-refractivity contribution in [2.45, 2.75) is 6.54 Å². The quantitative estimate of drug-likeness (QED) is 0.564. The van der Waals surface area contributed by atoms with Crippen molar-refractivity contribution in [3.8, 4) is 17.3 Å². The number of pyridine rings is 1. The zero-order chi connectivity index (χ0) is 20.1. The molecule has 0 aliphatic heterocycles.